The molecule has 0 radical (unpaired) electrons. The third-order valence-corrected chi connectivity index (χ3v) is 2.17. The standard InChI is InChI=1S/C14H14O.CH3NO2/c1-11-8-12(2)10-14(9-11)15-13-6-4-3-5-7-13;1-2(3)4/h3-10H,1-2H3;1H3. The Morgan fingerprint density at radius 2 is 1.42 bits per heavy atom. The Labute approximate surface area is 112 Å². The van der Waals surface area contributed by atoms with Crippen molar-refractivity contribution in [3.05, 3.63) is 69.8 Å². The number of rotatable bonds is 2. The number of nitrogens with zero attached hydrogens (tertiary/aromatic N) is 1. The van der Waals surface area contributed by atoms with Crippen LogP contribution in [0.2, 0.25) is 0 Å². The molecule has 0 saturated heterocycles. The molecule has 0 unspecified atom stereocenters. The van der Waals surface area contributed by atoms with Crippen LogP contribution in [0.3, 0.4) is 0 Å². The lowest BCUT2D eigenvalue weighted by Gasteiger charge is -2.07. The predicted octanol–water partition coefficient (Wildman–Crippen LogP) is 3.99. The van der Waals surface area contributed by atoms with Crippen molar-refractivity contribution >= 4 is 0 Å². The molecule has 4 heteroatoms. The Bertz CT molecular complexity index is 514. The first-order valence-electron chi connectivity index (χ1n) is 5.86. The van der Waals surface area contributed by atoms with Crippen molar-refractivity contribution in [1.82, 2.24) is 0 Å². The first-order chi connectivity index (χ1) is 8.97. The van der Waals surface area contributed by atoms with Gasteiger partial charge >= 0.3 is 0 Å². The summed E-state index contributed by atoms with van der Waals surface area (Å²) in [4.78, 5) is 8.31. The van der Waals surface area contributed by atoms with Crippen LogP contribution < -0.4 is 4.74 Å². The van der Waals surface area contributed by atoms with Crippen LogP contribution in [0, 0.1) is 24.0 Å². The normalized spacial score (nSPS) is 9.21. The minimum absolute atomic E-state index is 0.500. The molecule has 0 heterocycles. The fourth-order valence-electron chi connectivity index (χ4n) is 1.62. The highest BCUT2D eigenvalue weighted by atomic mass is 16.6. The third-order valence-electron chi connectivity index (χ3n) is 2.17. The van der Waals surface area contributed by atoms with Crippen LogP contribution in [0.15, 0.2) is 48.5 Å². The molecule has 4 nitrogen and oxygen atoms in total. The second-order valence-corrected chi connectivity index (χ2v) is 4.18. The van der Waals surface area contributed by atoms with E-state index in [0.717, 1.165) is 18.5 Å². The number of hydrogen-bond donors (Lipinski definition) is 0. The largest absolute Gasteiger partial charge is 0.457 e. The van der Waals surface area contributed by atoms with Crippen molar-refractivity contribution in [3.8, 4) is 11.5 Å². The number of ether oxygens (including phenoxy) is 1. The van der Waals surface area contributed by atoms with Crippen LogP contribution in [-0.4, -0.2) is 12.0 Å². The van der Waals surface area contributed by atoms with Gasteiger partial charge in [0.15, 0.2) is 7.05 Å². The first-order valence-corrected chi connectivity index (χ1v) is 5.86. The number of para-hydroxylation sites is 1. The van der Waals surface area contributed by atoms with E-state index in [9.17, 15) is 0 Å². The SMILES string of the molecule is C[N+](=O)[O-].Cc1cc(C)cc(Oc2ccccc2)c1. The molecule has 0 bridgehead atoms. The molecule has 0 atom stereocenters. The summed E-state index contributed by atoms with van der Waals surface area (Å²) >= 11 is 0. The van der Waals surface area contributed by atoms with Gasteiger partial charge in [-0.1, -0.05) is 24.3 Å². The van der Waals surface area contributed by atoms with E-state index in [0.29, 0.717) is 0 Å². The molecule has 0 N–H and O–H groups in total. The van der Waals surface area contributed by atoms with Crippen LogP contribution in [0.5, 0.6) is 11.5 Å². The summed E-state index contributed by atoms with van der Waals surface area (Å²) in [6.07, 6.45) is 0. The molecule has 0 aliphatic carbocycles. The minimum Gasteiger partial charge on any atom is -0.457 e. The van der Waals surface area contributed by atoms with Crippen LogP contribution in [-0.2, 0) is 0 Å². The topological polar surface area (TPSA) is 52.4 Å². The van der Waals surface area contributed by atoms with Gasteiger partial charge in [0, 0.05) is 4.92 Å². The van der Waals surface area contributed by atoms with Crippen LogP contribution in [0.1, 0.15) is 11.1 Å². The van der Waals surface area contributed by atoms with Crippen LogP contribution in [0.4, 0.5) is 0 Å². The Kier molecular flexibility index (Phi) is 5.54. The molecule has 0 aromatic heterocycles. The Morgan fingerprint density at radius 3 is 1.89 bits per heavy atom. The smallest absolute Gasteiger partial charge is 0.194 e. The van der Waals surface area contributed by atoms with Gasteiger partial charge in [-0.05, 0) is 49.2 Å². The number of nitro groups is 1. The molecule has 0 fully saturated rings. The van der Waals surface area contributed by atoms with Gasteiger partial charge in [-0.25, -0.2) is 0 Å². The monoisotopic (exact) mass is 259 g/mol. The molecule has 2 aromatic carbocycles. The van der Waals surface area contributed by atoms with E-state index in [2.05, 4.69) is 19.9 Å². The van der Waals surface area contributed by atoms with E-state index in [1.165, 1.54) is 11.1 Å². The maximum atomic E-state index is 8.81. The van der Waals surface area contributed by atoms with Crippen molar-refractivity contribution in [1.29, 1.82) is 0 Å². The number of benzene rings is 2. The molecular weight excluding hydrogens is 242 g/mol. The predicted molar refractivity (Wildman–Crippen MR) is 75.4 cm³/mol. The lowest BCUT2D eigenvalue weighted by molar-refractivity contribution is -0.445. The van der Waals surface area contributed by atoms with Crippen molar-refractivity contribution < 1.29 is 9.66 Å². The third kappa shape index (κ3) is 6.21. The molecule has 0 spiro atoms. The van der Waals surface area contributed by atoms with Crippen molar-refractivity contribution in [2.75, 3.05) is 7.05 Å². The van der Waals surface area contributed by atoms with Crippen molar-refractivity contribution in [2.24, 2.45) is 0 Å². The van der Waals surface area contributed by atoms with Gasteiger partial charge < -0.3 is 4.74 Å². The summed E-state index contributed by atoms with van der Waals surface area (Å²) < 4.78 is 5.74. The molecular formula is C15H17NO3. The van der Waals surface area contributed by atoms with Crippen LogP contribution in [0.25, 0.3) is 0 Å². The lowest BCUT2D eigenvalue weighted by Crippen LogP contribution is -1.85. The average Bonchev–Trinajstić information content (AvgIpc) is 2.28. The van der Waals surface area contributed by atoms with Gasteiger partial charge in [0.2, 0.25) is 0 Å². The molecule has 0 aliphatic rings. The van der Waals surface area contributed by atoms with E-state index in [4.69, 9.17) is 14.9 Å². The molecule has 0 amide bonds. The second kappa shape index (κ2) is 7.16. The summed E-state index contributed by atoms with van der Waals surface area (Å²) in [5, 5.41) is 8.81. The number of aryl methyl sites for hydroxylation is 2. The van der Waals surface area contributed by atoms with Gasteiger partial charge in [-0.3, -0.25) is 10.1 Å². The van der Waals surface area contributed by atoms with E-state index in [-0.39, 0.29) is 0 Å². The second-order valence-electron chi connectivity index (χ2n) is 4.18. The molecule has 2 aromatic rings. The average molecular weight is 259 g/mol. The first kappa shape index (κ1) is 14.7. The Morgan fingerprint density at radius 1 is 0.947 bits per heavy atom. The zero-order valence-corrected chi connectivity index (χ0v) is 11.3. The van der Waals surface area contributed by atoms with Gasteiger partial charge in [-0.15, -0.1) is 0 Å². The quantitative estimate of drug-likeness (QED) is 0.605. The maximum absolute atomic E-state index is 8.81. The van der Waals surface area contributed by atoms with Gasteiger partial charge in [0.05, 0.1) is 0 Å². The molecule has 19 heavy (non-hydrogen) atoms. The Hall–Kier alpha value is -2.36. The van der Waals surface area contributed by atoms with Crippen molar-refractivity contribution in [3.63, 3.8) is 0 Å². The Balaban J connectivity index is 0.000000399. The highest BCUT2D eigenvalue weighted by Crippen LogP contribution is 2.23. The summed E-state index contributed by atoms with van der Waals surface area (Å²) in [5.74, 6) is 1.78. The zero-order chi connectivity index (χ0) is 14.3. The van der Waals surface area contributed by atoms with E-state index in [1.54, 1.807) is 0 Å². The van der Waals surface area contributed by atoms with E-state index >= 15 is 0 Å². The number of hydrogen-bond acceptors (Lipinski definition) is 3. The van der Waals surface area contributed by atoms with Crippen molar-refractivity contribution in [2.45, 2.75) is 13.8 Å². The fourth-order valence-corrected chi connectivity index (χ4v) is 1.62. The van der Waals surface area contributed by atoms with E-state index < -0.39 is 4.92 Å². The molecule has 100 valence electrons. The van der Waals surface area contributed by atoms with E-state index in [1.807, 2.05) is 42.5 Å². The highest BCUT2D eigenvalue weighted by molar-refractivity contribution is 5.36. The zero-order valence-electron chi connectivity index (χ0n) is 11.3. The van der Waals surface area contributed by atoms with Crippen LogP contribution >= 0.6 is 0 Å². The summed E-state index contributed by atoms with van der Waals surface area (Å²) in [6, 6.07) is 16.1. The van der Waals surface area contributed by atoms with Gasteiger partial charge in [0.1, 0.15) is 11.5 Å². The maximum Gasteiger partial charge on any atom is 0.194 e. The molecule has 0 aliphatic heterocycles. The summed E-state index contributed by atoms with van der Waals surface area (Å²) in [5.41, 5.74) is 2.45. The fraction of sp³-hybridized carbons (Fsp3) is 0.200. The van der Waals surface area contributed by atoms with Gasteiger partial charge in [0.25, 0.3) is 0 Å². The molecule has 0 saturated carbocycles. The summed E-state index contributed by atoms with van der Waals surface area (Å²) in [7, 11) is 0.889. The molecule has 2 rings (SSSR count). The minimum atomic E-state index is -0.500. The lowest BCUT2D eigenvalue weighted by atomic mass is 10.1. The highest BCUT2D eigenvalue weighted by Gasteiger charge is 1.98. The van der Waals surface area contributed by atoms with Gasteiger partial charge in [-0.2, -0.15) is 0 Å². The summed E-state index contributed by atoms with van der Waals surface area (Å²) in [6.45, 7) is 4.15.